The van der Waals surface area contributed by atoms with Crippen LogP contribution in [0.5, 0.6) is 0 Å². The van der Waals surface area contributed by atoms with Crippen LogP contribution in [0.3, 0.4) is 0 Å². The van der Waals surface area contributed by atoms with Crippen LogP contribution in [0.25, 0.3) is 80.3 Å². The fourth-order valence-electron chi connectivity index (χ4n) is 7.99. The topological polar surface area (TPSA) is 4.93 Å². The van der Waals surface area contributed by atoms with E-state index >= 15 is 0 Å². The number of hydrogen-bond donors (Lipinski definition) is 0. The Morgan fingerprint density at radius 3 is 2.19 bits per heavy atom. The molecule has 0 N–H and O–H groups in total. The summed E-state index contributed by atoms with van der Waals surface area (Å²) in [5, 5.41) is 10.5. The van der Waals surface area contributed by atoms with E-state index in [-0.39, 0.29) is 5.41 Å². The van der Waals surface area contributed by atoms with Crippen LogP contribution in [0.15, 0.2) is 127 Å². The van der Waals surface area contributed by atoms with Gasteiger partial charge in [0.1, 0.15) is 0 Å². The predicted molar refractivity (Wildman–Crippen MR) is 186 cm³/mol. The summed E-state index contributed by atoms with van der Waals surface area (Å²) in [4.78, 5) is 0. The van der Waals surface area contributed by atoms with Crippen LogP contribution in [0.2, 0.25) is 0 Å². The van der Waals surface area contributed by atoms with E-state index in [0.29, 0.717) is 0 Å². The molecule has 0 saturated carbocycles. The number of fused-ring (bicyclic) bond motifs is 11. The van der Waals surface area contributed by atoms with Gasteiger partial charge in [-0.05, 0) is 63.2 Å². The molecule has 0 fully saturated rings. The number of aromatic nitrogens is 1. The van der Waals surface area contributed by atoms with E-state index in [4.69, 9.17) is 0 Å². The van der Waals surface area contributed by atoms with Gasteiger partial charge in [-0.25, -0.2) is 0 Å². The molecular weight excluding hydrogens is 539 g/mol. The number of hydrogen-bond acceptors (Lipinski definition) is 1. The van der Waals surface area contributed by atoms with Crippen LogP contribution in [0, 0.1) is 0 Å². The summed E-state index contributed by atoms with van der Waals surface area (Å²) in [7, 11) is 0. The first-order chi connectivity index (χ1) is 21.1. The molecular formula is C41H27NS. The van der Waals surface area contributed by atoms with Gasteiger partial charge in [0.15, 0.2) is 0 Å². The van der Waals surface area contributed by atoms with Crippen LogP contribution in [-0.2, 0) is 5.41 Å². The van der Waals surface area contributed by atoms with Crippen LogP contribution >= 0.6 is 11.3 Å². The Morgan fingerprint density at radius 2 is 1.26 bits per heavy atom. The fraction of sp³-hybridized carbons (Fsp3) is 0.0732. The first-order valence-electron chi connectivity index (χ1n) is 15.0. The van der Waals surface area contributed by atoms with Crippen LogP contribution < -0.4 is 0 Å². The fourth-order valence-corrected chi connectivity index (χ4v) is 9.08. The smallest absolute Gasteiger partial charge is 0.0626 e. The van der Waals surface area contributed by atoms with Crippen molar-refractivity contribution in [2.75, 3.05) is 0 Å². The van der Waals surface area contributed by atoms with Crippen molar-refractivity contribution in [2.45, 2.75) is 19.3 Å². The van der Waals surface area contributed by atoms with E-state index in [0.717, 1.165) is 0 Å². The van der Waals surface area contributed by atoms with Gasteiger partial charge in [-0.1, -0.05) is 111 Å². The van der Waals surface area contributed by atoms with Crippen molar-refractivity contribution in [2.24, 2.45) is 0 Å². The molecule has 0 atom stereocenters. The Kier molecular flexibility index (Phi) is 4.46. The van der Waals surface area contributed by atoms with Gasteiger partial charge in [-0.2, -0.15) is 0 Å². The zero-order valence-corrected chi connectivity index (χ0v) is 24.8. The minimum Gasteiger partial charge on any atom is -0.308 e. The highest BCUT2D eigenvalue weighted by Gasteiger charge is 2.35. The first-order valence-corrected chi connectivity index (χ1v) is 15.8. The Labute approximate surface area is 253 Å². The maximum atomic E-state index is 2.58. The van der Waals surface area contributed by atoms with Crippen molar-refractivity contribution in [3.63, 3.8) is 0 Å². The molecule has 9 aromatic rings. The van der Waals surface area contributed by atoms with Gasteiger partial charge in [0.2, 0.25) is 0 Å². The monoisotopic (exact) mass is 565 g/mol. The molecule has 1 nitrogen and oxygen atoms in total. The number of nitrogens with zero attached hydrogens (tertiary/aromatic N) is 1. The maximum absolute atomic E-state index is 2.58. The number of thiophene rings is 1. The van der Waals surface area contributed by atoms with Gasteiger partial charge >= 0.3 is 0 Å². The third kappa shape index (κ3) is 2.96. The average Bonchev–Trinajstić information content (AvgIpc) is 3.58. The highest BCUT2D eigenvalue weighted by atomic mass is 32.1. The summed E-state index contributed by atoms with van der Waals surface area (Å²) in [6, 6.07) is 47.8. The normalized spacial score (nSPS) is 14.0. The Morgan fingerprint density at radius 1 is 0.512 bits per heavy atom. The standard InChI is InChI=1S/C41H27NS/c1-41(2)33-15-7-5-14-30(33)38-37-25(11-9-16-34(37)41)22-32-29-20-18-24-10-3-4-12-27(24)39(29)42(40(32)38)26-19-21-36-31(23-26)28-13-6-8-17-35(28)43-36/h3-23H,1-2H3. The molecule has 0 radical (unpaired) electrons. The van der Waals surface area contributed by atoms with Crippen LogP contribution in [0.1, 0.15) is 25.0 Å². The molecule has 0 spiro atoms. The van der Waals surface area contributed by atoms with E-state index < -0.39 is 0 Å². The van der Waals surface area contributed by atoms with E-state index in [9.17, 15) is 0 Å². The van der Waals surface area contributed by atoms with Crippen LogP contribution in [0.4, 0.5) is 0 Å². The lowest BCUT2D eigenvalue weighted by atomic mass is 9.68. The lowest BCUT2D eigenvalue weighted by Gasteiger charge is -2.35. The van der Waals surface area contributed by atoms with E-state index in [1.807, 2.05) is 11.3 Å². The number of rotatable bonds is 1. The zero-order chi connectivity index (χ0) is 28.4. The minimum atomic E-state index is -0.0885. The summed E-state index contributed by atoms with van der Waals surface area (Å²) in [6.07, 6.45) is 0. The van der Waals surface area contributed by atoms with Crippen molar-refractivity contribution in [1.82, 2.24) is 4.57 Å². The molecule has 0 amide bonds. The quantitative estimate of drug-likeness (QED) is 0.187. The molecule has 0 bridgehead atoms. The Balaban J connectivity index is 1.49. The molecule has 2 heterocycles. The molecule has 43 heavy (non-hydrogen) atoms. The summed E-state index contributed by atoms with van der Waals surface area (Å²) < 4.78 is 5.25. The maximum Gasteiger partial charge on any atom is 0.0626 e. The van der Waals surface area contributed by atoms with Gasteiger partial charge in [-0.15, -0.1) is 11.3 Å². The lowest BCUT2D eigenvalue weighted by molar-refractivity contribution is 0.645. The SMILES string of the molecule is CC1(C)c2ccccc2-c2c3c1cccc3cc1c3ccc4ccccc4c3n(-c3ccc4sc5ccccc5c4c3)c21. The molecule has 7 aromatic carbocycles. The molecule has 10 rings (SSSR count). The molecule has 202 valence electrons. The summed E-state index contributed by atoms with van der Waals surface area (Å²) in [5.41, 5.74) is 9.20. The third-order valence-electron chi connectivity index (χ3n) is 9.94. The van der Waals surface area contributed by atoms with E-state index in [1.54, 1.807) is 0 Å². The Hall–Kier alpha value is -4.92. The molecule has 1 aliphatic carbocycles. The number of benzene rings is 7. The predicted octanol–water partition coefficient (Wildman–Crippen LogP) is 11.8. The van der Waals surface area contributed by atoms with Crippen molar-refractivity contribution >= 4 is 74.9 Å². The third-order valence-corrected chi connectivity index (χ3v) is 11.1. The second kappa shape index (κ2) is 8.12. The summed E-state index contributed by atoms with van der Waals surface area (Å²) >= 11 is 1.88. The zero-order valence-electron chi connectivity index (χ0n) is 24.0. The highest BCUT2D eigenvalue weighted by Crippen LogP contribution is 2.53. The Bertz CT molecular complexity index is 2650. The molecule has 2 heteroatoms. The van der Waals surface area contributed by atoms with Crippen molar-refractivity contribution in [3.05, 3.63) is 139 Å². The molecule has 1 aliphatic rings. The molecule has 2 aromatic heterocycles. The van der Waals surface area contributed by atoms with Crippen molar-refractivity contribution < 1.29 is 0 Å². The van der Waals surface area contributed by atoms with Crippen LogP contribution in [-0.4, -0.2) is 4.57 Å². The largest absolute Gasteiger partial charge is 0.308 e. The van der Waals surface area contributed by atoms with Gasteiger partial charge < -0.3 is 4.57 Å². The van der Waals surface area contributed by atoms with Gasteiger partial charge in [0, 0.05) is 53.0 Å². The molecule has 0 saturated heterocycles. The van der Waals surface area contributed by atoms with Gasteiger partial charge in [0.05, 0.1) is 11.0 Å². The van der Waals surface area contributed by atoms with Crippen molar-refractivity contribution in [3.8, 4) is 16.8 Å². The summed E-state index contributed by atoms with van der Waals surface area (Å²) in [6.45, 7) is 4.76. The average molecular weight is 566 g/mol. The minimum absolute atomic E-state index is 0.0885. The second-order valence-electron chi connectivity index (χ2n) is 12.5. The van der Waals surface area contributed by atoms with E-state index in [1.165, 1.54) is 91.5 Å². The summed E-state index contributed by atoms with van der Waals surface area (Å²) in [5.74, 6) is 0. The molecule has 0 aliphatic heterocycles. The molecule has 0 unspecified atom stereocenters. The highest BCUT2D eigenvalue weighted by molar-refractivity contribution is 7.25. The first kappa shape index (κ1) is 23.6. The van der Waals surface area contributed by atoms with Crippen molar-refractivity contribution in [1.29, 1.82) is 0 Å². The second-order valence-corrected chi connectivity index (χ2v) is 13.6. The van der Waals surface area contributed by atoms with Gasteiger partial charge in [0.25, 0.3) is 0 Å². The lowest BCUT2D eigenvalue weighted by Crippen LogP contribution is -2.23. The van der Waals surface area contributed by atoms with E-state index in [2.05, 4.69) is 146 Å². The van der Waals surface area contributed by atoms with Gasteiger partial charge in [-0.3, -0.25) is 0 Å².